The van der Waals surface area contributed by atoms with Crippen molar-refractivity contribution in [2.75, 3.05) is 25.0 Å². The number of likely N-dealkylation sites (tertiary alicyclic amines) is 1. The van der Waals surface area contributed by atoms with E-state index in [0.29, 0.717) is 24.4 Å². The summed E-state index contributed by atoms with van der Waals surface area (Å²) in [5.74, 6) is 0.0621. The van der Waals surface area contributed by atoms with E-state index in [9.17, 15) is 14.0 Å². The van der Waals surface area contributed by atoms with Gasteiger partial charge in [0.15, 0.2) is 0 Å². The monoisotopic (exact) mass is 320 g/mol. The van der Waals surface area contributed by atoms with Gasteiger partial charge in [0.25, 0.3) is 0 Å². The van der Waals surface area contributed by atoms with Gasteiger partial charge in [-0.15, -0.1) is 0 Å². The zero-order valence-electron chi connectivity index (χ0n) is 12.6. The molecule has 0 aliphatic carbocycles. The third-order valence-electron chi connectivity index (χ3n) is 4.45. The lowest BCUT2D eigenvalue weighted by Gasteiger charge is -2.42. The van der Waals surface area contributed by atoms with Crippen molar-refractivity contribution in [3.8, 4) is 0 Å². The highest BCUT2D eigenvalue weighted by atomic mass is 19.1. The minimum atomic E-state index is -0.982. The number of carboxylic acid groups (broad SMARTS) is 1. The van der Waals surface area contributed by atoms with Crippen LogP contribution in [-0.4, -0.2) is 53.6 Å². The summed E-state index contributed by atoms with van der Waals surface area (Å²) in [5.41, 5.74) is -0.323. The molecule has 2 aliphatic heterocycles. The molecule has 23 heavy (non-hydrogen) atoms. The quantitative estimate of drug-likeness (QED) is 0.828. The van der Waals surface area contributed by atoms with Crippen molar-refractivity contribution < 1.29 is 19.1 Å². The van der Waals surface area contributed by atoms with Crippen molar-refractivity contribution in [3.63, 3.8) is 0 Å². The van der Waals surface area contributed by atoms with E-state index < -0.39 is 17.4 Å². The summed E-state index contributed by atoms with van der Waals surface area (Å²) in [4.78, 5) is 30.5. The van der Waals surface area contributed by atoms with E-state index >= 15 is 0 Å². The van der Waals surface area contributed by atoms with Crippen molar-refractivity contribution in [3.05, 3.63) is 30.1 Å². The zero-order valence-corrected chi connectivity index (χ0v) is 12.6. The number of anilines is 1. The molecule has 0 bridgehead atoms. The number of nitrogens with one attached hydrogen (secondary N) is 1. The first-order valence-electron chi connectivity index (χ1n) is 7.30. The average molecular weight is 320 g/mol. The maximum absolute atomic E-state index is 13.6. The Kier molecular flexibility index (Phi) is 3.67. The minimum Gasteiger partial charge on any atom is -0.465 e. The normalized spacial score (nSPS) is 21.8. The molecule has 1 spiro atoms. The van der Waals surface area contributed by atoms with Crippen LogP contribution in [0.1, 0.15) is 12.8 Å². The van der Waals surface area contributed by atoms with Crippen LogP contribution in [0.2, 0.25) is 0 Å². The summed E-state index contributed by atoms with van der Waals surface area (Å²) >= 11 is 0. The van der Waals surface area contributed by atoms with Gasteiger partial charge in [0.1, 0.15) is 17.2 Å². The van der Waals surface area contributed by atoms with E-state index in [1.807, 2.05) is 0 Å². The second-order valence-corrected chi connectivity index (χ2v) is 5.62. The van der Waals surface area contributed by atoms with Crippen LogP contribution in [0.15, 0.2) is 29.3 Å². The zero-order chi connectivity index (χ0) is 16.6. The molecule has 0 atom stereocenters. The van der Waals surface area contributed by atoms with Crippen LogP contribution < -0.4 is 10.2 Å². The number of hydrogen-bond acceptors (Lipinski definition) is 3. The van der Waals surface area contributed by atoms with Gasteiger partial charge in [-0.1, -0.05) is 6.07 Å². The maximum Gasteiger partial charge on any atom is 0.407 e. The van der Waals surface area contributed by atoms with Gasteiger partial charge in [-0.25, -0.2) is 14.0 Å². The molecule has 8 heteroatoms. The van der Waals surface area contributed by atoms with Crippen LogP contribution in [0, 0.1) is 5.82 Å². The molecule has 3 rings (SSSR count). The third kappa shape index (κ3) is 2.39. The minimum absolute atomic E-state index is 0.287. The summed E-state index contributed by atoms with van der Waals surface area (Å²) in [6, 6.07) is 5.43. The van der Waals surface area contributed by atoms with Gasteiger partial charge in [-0.05, 0) is 31.0 Å². The molecular formula is C15H17FN4O3. The second-order valence-electron chi connectivity index (χ2n) is 5.62. The van der Waals surface area contributed by atoms with Crippen molar-refractivity contribution in [2.24, 2.45) is 4.99 Å². The summed E-state index contributed by atoms with van der Waals surface area (Å²) < 4.78 is 13.6. The lowest BCUT2D eigenvalue weighted by atomic mass is 9.85. The predicted octanol–water partition coefficient (Wildman–Crippen LogP) is 1.90. The molecule has 0 aromatic heterocycles. The van der Waals surface area contributed by atoms with Crippen LogP contribution in [0.3, 0.4) is 0 Å². The molecule has 2 heterocycles. The van der Waals surface area contributed by atoms with Gasteiger partial charge in [-0.3, -0.25) is 15.2 Å². The van der Waals surface area contributed by atoms with Gasteiger partial charge in [0, 0.05) is 25.8 Å². The van der Waals surface area contributed by atoms with E-state index in [1.54, 1.807) is 19.2 Å². The summed E-state index contributed by atoms with van der Waals surface area (Å²) in [5, 5.41) is 11.8. The molecule has 3 amide bonds. The first kappa shape index (κ1) is 15.3. The van der Waals surface area contributed by atoms with Gasteiger partial charge in [0.05, 0.1) is 0 Å². The fraction of sp³-hybridized carbons (Fsp3) is 0.400. The van der Waals surface area contributed by atoms with E-state index in [4.69, 9.17) is 5.11 Å². The molecule has 2 N–H and O–H groups in total. The number of amides is 3. The Morgan fingerprint density at radius 3 is 2.65 bits per heavy atom. The Labute approximate surface area is 132 Å². The Morgan fingerprint density at radius 2 is 2.09 bits per heavy atom. The highest BCUT2D eigenvalue weighted by molar-refractivity contribution is 6.19. The van der Waals surface area contributed by atoms with Crippen LogP contribution in [0.5, 0.6) is 0 Å². The summed E-state index contributed by atoms with van der Waals surface area (Å²) in [6.07, 6.45) is -0.174. The number of amidine groups is 1. The number of nitrogens with zero attached hydrogens (tertiary/aromatic N) is 3. The lowest BCUT2D eigenvalue weighted by molar-refractivity contribution is 0.127. The van der Waals surface area contributed by atoms with E-state index in [0.717, 1.165) is 0 Å². The largest absolute Gasteiger partial charge is 0.465 e. The lowest BCUT2D eigenvalue weighted by Crippen LogP contribution is -2.57. The molecular weight excluding hydrogens is 303 g/mol. The van der Waals surface area contributed by atoms with Crippen LogP contribution >= 0.6 is 0 Å². The number of aliphatic imine (C=N–C) groups is 1. The molecule has 122 valence electrons. The molecule has 0 unspecified atom stereocenters. The predicted molar refractivity (Wildman–Crippen MR) is 82.3 cm³/mol. The Balaban J connectivity index is 2.00. The van der Waals surface area contributed by atoms with Gasteiger partial charge >= 0.3 is 12.1 Å². The molecule has 2 fully saturated rings. The van der Waals surface area contributed by atoms with Crippen molar-refractivity contribution >= 4 is 23.6 Å². The van der Waals surface area contributed by atoms with E-state index in [-0.39, 0.29) is 19.1 Å². The number of piperidine rings is 1. The van der Waals surface area contributed by atoms with Crippen molar-refractivity contribution in [1.82, 2.24) is 10.2 Å². The first-order chi connectivity index (χ1) is 11.0. The van der Waals surface area contributed by atoms with Crippen molar-refractivity contribution in [2.45, 2.75) is 18.4 Å². The van der Waals surface area contributed by atoms with Crippen LogP contribution in [0.4, 0.5) is 19.7 Å². The highest BCUT2D eigenvalue weighted by Gasteiger charge is 2.53. The molecule has 2 aliphatic rings. The van der Waals surface area contributed by atoms with Crippen molar-refractivity contribution in [1.29, 1.82) is 0 Å². The fourth-order valence-corrected chi connectivity index (χ4v) is 3.35. The number of hydrogen-bond donors (Lipinski definition) is 2. The number of carbonyl (C=O) groups is 2. The Hall–Kier alpha value is -2.64. The SMILES string of the molecule is CN=C1NC(=O)N(c2cccc(F)c2)C12CCN(C(=O)O)CC2. The standard InChI is InChI=1S/C15H17FN4O3/c1-17-12-15(5-7-19(8-6-15)14(22)23)20(13(21)18-12)11-4-2-3-10(16)9-11/h2-4,9H,5-8H2,1H3,(H,22,23)(H,17,18,21). The van der Waals surface area contributed by atoms with Gasteiger partial charge in [-0.2, -0.15) is 0 Å². The molecule has 7 nitrogen and oxygen atoms in total. The number of halogens is 1. The van der Waals surface area contributed by atoms with Gasteiger partial charge < -0.3 is 10.0 Å². The third-order valence-corrected chi connectivity index (χ3v) is 4.45. The number of carbonyl (C=O) groups excluding carboxylic acids is 1. The maximum atomic E-state index is 13.6. The summed E-state index contributed by atoms with van der Waals surface area (Å²) in [6.45, 7) is 0.574. The topological polar surface area (TPSA) is 85.2 Å². The fourth-order valence-electron chi connectivity index (χ4n) is 3.35. The van der Waals surface area contributed by atoms with Crippen LogP contribution in [0.25, 0.3) is 0 Å². The van der Waals surface area contributed by atoms with Gasteiger partial charge in [0.2, 0.25) is 0 Å². The first-order valence-corrected chi connectivity index (χ1v) is 7.30. The van der Waals surface area contributed by atoms with E-state index in [1.165, 1.54) is 21.9 Å². The smallest absolute Gasteiger partial charge is 0.407 e. The average Bonchev–Trinajstić information content (AvgIpc) is 2.79. The molecule has 1 aromatic rings. The Bertz CT molecular complexity index is 683. The Morgan fingerprint density at radius 1 is 1.39 bits per heavy atom. The molecule has 1 aromatic carbocycles. The molecule has 2 saturated heterocycles. The van der Waals surface area contributed by atoms with Crippen LogP contribution in [-0.2, 0) is 0 Å². The number of urea groups is 1. The summed E-state index contributed by atoms with van der Waals surface area (Å²) in [7, 11) is 1.58. The molecule has 0 saturated carbocycles. The molecule has 0 radical (unpaired) electrons. The number of rotatable bonds is 1. The number of benzene rings is 1. The van der Waals surface area contributed by atoms with E-state index in [2.05, 4.69) is 10.3 Å². The highest BCUT2D eigenvalue weighted by Crippen LogP contribution is 2.37. The second kappa shape index (κ2) is 5.53.